The van der Waals surface area contributed by atoms with Crippen molar-refractivity contribution in [1.29, 1.82) is 0 Å². The number of methoxy groups -OCH3 is 1. The van der Waals surface area contributed by atoms with Crippen molar-refractivity contribution in [3.63, 3.8) is 0 Å². The van der Waals surface area contributed by atoms with E-state index in [1.54, 1.807) is 33.1 Å². The quantitative estimate of drug-likeness (QED) is 0.637. The number of hydrogen-bond acceptors (Lipinski definition) is 5. The maximum atomic E-state index is 12.8. The van der Waals surface area contributed by atoms with Gasteiger partial charge < -0.3 is 10.1 Å². The fourth-order valence-corrected chi connectivity index (χ4v) is 4.71. The van der Waals surface area contributed by atoms with Gasteiger partial charge in [0.1, 0.15) is 11.6 Å². The van der Waals surface area contributed by atoms with Gasteiger partial charge in [-0.2, -0.15) is 0 Å². The molecule has 3 rings (SSSR count). The van der Waals surface area contributed by atoms with Crippen LogP contribution < -0.4 is 14.8 Å². The fraction of sp³-hybridized carbons (Fsp3) is 0.190. The highest BCUT2D eigenvalue weighted by Crippen LogP contribution is 2.27. The number of aryl methyl sites for hydroxylation is 3. The first-order chi connectivity index (χ1) is 13.3. The van der Waals surface area contributed by atoms with E-state index in [2.05, 4.69) is 15.0 Å². The summed E-state index contributed by atoms with van der Waals surface area (Å²) in [7, 11) is -2.11. The minimum Gasteiger partial charge on any atom is -0.495 e. The molecular weight excluding hydrogens is 374 g/mol. The van der Waals surface area contributed by atoms with Crippen LogP contribution in [0.3, 0.4) is 0 Å². The third-order valence-corrected chi connectivity index (χ3v) is 5.94. The number of pyridine rings is 1. The maximum Gasteiger partial charge on any atom is 0.262 e. The van der Waals surface area contributed by atoms with Crippen LogP contribution >= 0.6 is 0 Å². The van der Waals surface area contributed by atoms with Crippen LogP contribution in [-0.4, -0.2) is 20.5 Å². The average Bonchev–Trinajstić information content (AvgIpc) is 2.62. The van der Waals surface area contributed by atoms with E-state index in [-0.39, 0.29) is 0 Å². The number of aromatic nitrogens is 1. The standard InChI is InChI=1S/C21H23N3O3S/c1-14-11-15(2)21(16(3)12-14)28(25,26)24-17-9-10-20(22-13-17)23-18-7-5-6-8-19(18)27-4/h5-13,24H,1-4H3,(H,22,23). The first-order valence-electron chi connectivity index (χ1n) is 8.77. The van der Waals surface area contributed by atoms with Crippen molar-refractivity contribution in [1.82, 2.24) is 4.98 Å². The van der Waals surface area contributed by atoms with Crippen LogP contribution in [0.1, 0.15) is 16.7 Å². The summed E-state index contributed by atoms with van der Waals surface area (Å²) in [4.78, 5) is 4.59. The maximum absolute atomic E-state index is 12.8. The zero-order valence-electron chi connectivity index (χ0n) is 16.3. The van der Waals surface area contributed by atoms with Gasteiger partial charge in [0.05, 0.1) is 29.6 Å². The predicted octanol–water partition coefficient (Wildman–Crippen LogP) is 4.56. The molecule has 0 aliphatic heterocycles. The highest BCUT2D eigenvalue weighted by atomic mass is 32.2. The molecule has 0 aliphatic carbocycles. The van der Waals surface area contributed by atoms with Crippen molar-refractivity contribution in [3.05, 3.63) is 71.4 Å². The SMILES string of the molecule is COc1ccccc1Nc1ccc(NS(=O)(=O)c2c(C)cc(C)cc2C)cn1. The number of para-hydroxylation sites is 2. The normalized spacial score (nSPS) is 11.1. The second kappa shape index (κ2) is 7.90. The number of sulfonamides is 1. The van der Waals surface area contributed by atoms with Crippen LogP contribution in [0.15, 0.2) is 59.6 Å². The Kier molecular flexibility index (Phi) is 5.56. The molecule has 3 aromatic rings. The lowest BCUT2D eigenvalue weighted by atomic mass is 10.1. The number of nitrogens with zero attached hydrogens (tertiary/aromatic N) is 1. The molecule has 0 fully saturated rings. The van der Waals surface area contributed by atoms with Gasteiger partial charge in [-0.3, -0.25) is 4.72 Å². The van der Waals surface area contributed by atoms with Crippen LogP contribution in [0.2, 0.25) is 0 Å². The van der Waals surface area contributed by atoms with Gasteiger partial charge in [-0.25, -0.2) is 13.4 Å². The number of benzene rings is 2. The highest BCUT2D eigenvalue weighted by Gasteiger charge is 2.20. The number of nitrogens with one attached hydrogen (secondary N) is 2. The minimum atomic E-state index is -3.70. The van der Waals surface area contributed by atoms with Crippen molar-refractivity contribution >= 4 is 27.2 Å². The largest absolute Gasteiger partial charge is 0.495 e. The Morgan fingerprint density at radius 1 is 0.964 bits per heavy atom. The third-order valence-electron chi connectivity index (χ3n) is 4.26. The van der Waals surface area contributed by atoms with E-state index in [9.17, 15) is 8.42 Å². The van der Waals surface area contributed by atoms with Crippen molar-refractivity contribution < 1.29 is 13.2 Å². The Morgan fingerprint density at radius 2 is 1.64 bits per heavy atom. The first kappa shape index (κ1) is 19.7. The lowest BCUT2D eigenvalue weighted by Crippen LogP contribution is -2.16. The summed E-state index contributed by atoms with van der Waals surface area (Å²) in [5.74, 6) is 1.27. The van der Waals surface area contributed by atoms with E-state index in [1.807, 2.05) is 43.3 Å². The summed E-state index contributed by atoms with van der Waals surface area (Å²) < 4.78 is 33.6. The zero-order chi connectivity index (χ0) is 20.3. The molecule has 146 valence electrons. The first-order valence-corrected chi connectivity index (χ1v) is 10.3. The van der Waals surface area contributed by atoms with Crippen molar-refractivity contribution in [2.24, 2.45) is 0 Å². The zero-order valence-corrected chi connectivity index (χ0v) is 17.1. The van der Waals surface area contributed by atoms with E-state index in [0.717, 1.165) is 11.3 Å². The number of hydrogen-bond donors (Lipinski definition) is 2. The molecule has 0 amide bonds. The molecule has 1 heterocycles. The van der Waals surface area contributed by atoms with Crippen LogP contribution in [0.25, 0.3) is 0 Å². The monoisotopic (exact) mass is 397 g/mol. The van der Waals surface area contributed by atoms with Crippen LogP contribution in [0.4, 0.5) is 17.2 Å². The van der Waals surface area contributed by atoms with Gasteiger partial charge in [0.25, 0.3) is 10.0 Å². The van der Waals surface area contributed by atoms with Gasteiger partial charge in [0.2, 0.25) is 0 Å². The molecule has 0 unspecified atom stereocenters. The molecular formula is C21H23N3O3S. The third kappa shape index (κ3) is 4.26. The van der Waals surface area contributed by atoms with Crippen LogP contribution in [0, 0.1) is 20.8 Å². The molecule has 2 N–H and O–H groups in total. The fourth-order valence-electron chi connectivity index (χ4n) is 3.21. The molecule has 7 heteroatoms. The van der Waals surface area contributed by atoms with Crippen LogP contribution in [0.5, 0.6) is 5.75 Å². The number of ether oxygens (including phenoxy) is 1. The average molecular weight is 398 g/mol. The molecule has 2 aromatic carbocycles. The Morgan fingerprint density at radius 3 is 2.25 bits per heavy atom. The predicted molar refractivity (Wildman–Crippen MR) is 112 cm³/mol. The van der Waals surface area contributed by atoms with E-state index < -0.39 is 10.0 Å². The van der Waals surface area contributed by atoms with Crippen molar-refractivity contribution in [2.75, 3.05) is 17.1 Å². The smallest absolute Gasteiger partial charge is 0.262 e. The number of anilines is 3. The summed E-state index contributed by atoms with van der Waals surface area (Å²) in [6, 6.07) is 14.6. The highest BCUT2D eigenvalue weighted by molar-refractivity contribution is 7.92. The Hall–Kier alpha value is -3.06. The molecule has 0 saturated carbocycles. The molecule has 28 heavy (non-hydrogen) atoms. The van der Waals surface area contributed by atoms with Gasteiger partial charge in [-0.15, -0.1) is 0 Å². The molecule has 0 radical (unpaired) electrons. The summed E-state index contributed by atoms with van der Waals surface area (Å²) in [5, 5.41) is 3.16. The second-order valence-corrected chi connectivity index (χ2v) is 8.21. The molecule has 1 aromatic heterocycles. The van der Waals surface area contributed by atoms with E-state index in [1.165, 1.54) is 6.20 Å². The molecule has 0 bridgehead atoms. The summed E-state index contributed by atoms with van der Waals surface area (Å²) >= 11 is 0. The van der Waals surface area contributed by atoms with Gasteiger partial charge in [0.15, 0.2) is 0 Å². The Balaban J connectivity index is 1.81. The van der Waals surface area contributed by atoms with Crippen molar-refractivity contribution in [3.8, 4) is 5.75 Å². The van der Waals surface area contributed by atoms with Gasteiger partial charge in [-0.1, -0.05) is 29.8 Å². The van der Waals surface area contributed by atoms with E-state index >= 15 is 0 Å². The van der Waals surface area contributed by atoms with Crippen LogP contribution in [-0.2, 0) is 10.0 Å². The number of rotatable bonds is 6. The minimum absolute atomic E-state index is 0.300. The summed E-state index contributed by atoms with van der Waals surface area (Å²) in [6.45, 7) is 5.54. The van der Waals surface area contributed by atoms with Crippen molar-refractivity contribution in [2.45, 2.75) is 25.7 Å². The van der Waals surface area contributed by atoms with Gasteiger partial charge >= 0.3 is 0 Å². The van der Waals surface area contributed by atoms with E-state index in [4.69, 9.17) is 4.74 Å². The van der Waals surface area contributed by atoms with E-state index in [0.29, 0.717) is 33.3 Å². The molecule has 0 spiro atoms. The molecule has 0 saturated heterocycles. The summed E-state index contributed by atoms with van der Waals surface area (Å²) in [5.41, 5.74) is 3.63. The topological polar surface area (TPSA) is 80.3 Å². The Labute approximate surface area is 165 Å². The molecule has 0 aliphatic rings. The molecule has 0 atom stereocenters. The van der Waals surface area contributed by atoms with Gasteiger partial charge in [0, 0.05) is 0 Å². The second-order valence-electron chi connectivity index (χ2n) is 6.59. The summed E-state index contributed by atoms with van der Waals surface area (Å²) in [6.07, 6.45) is 1.48. The van der Waals surface area contributed by atoms with Gasteiger partial charge in [-0.05, 0) is 56.2 Å². The lowest BCUT2D eigenvalue weighted by molar-refractivity contribution is 0.417. The molecule has 6 nitrogen and oxygen atoms in total. The lowest BCUT2D eigenvalue weighted by Gasteiger charge is -2.14. The Bertz CT molecular complexity index is 1070.